The topological polar surface area (TPSA) is 65.5 Å². The van der Waals surface area contributed by atoms with Gasteiger partial charge in [0.25, 0.3) is 0 Å². The van der Waals surface area contributed by atoms with Crippen LogP contribution in [0.25, 0.3) is 0 Å². The fraction of sp³-hybridized carbons (Fsp3) is 0.500. The number of hydrogen-bond acceptors (Lipinski definition) is 5. The highest BCUT2D eigenvalue weighted by Gasteiger charge is 2.20. The van der Waals surface area contributed by atoms with Crippen LogP contribution in [0.1, 0.15) is 10.5 Å². The number of carbonyl (C=O) groups is 1. The Morgan fingerprint density at radius 2 is 2.29 bits per heavy atom. The summed E-state index contributed by atoms with van der Waals surface area (Å²) in [6.07, 6.45) is 0. The van der Waals surface area contributed by atoms with E-state index < -0.39 is 5.97 Å². The molecule has 1 aromatic heterocycles. The second-order valence-corrected chi connectivity index (χ2v) is 3.72. The molecule has 6 heteroatoms. The number of anilines is 1. The van der Waals surface area contributed by atoms with E-state index in [-0.39, 0.29) is 5.69 Å². The summed E-state index contributed by atoms with van der Waals surface area (Å²) in [6, 6.07) is 0. The lowest BCUT2D eigenvalue weighted by Crippen LogP contribution is -2.43. The zero-order valence-corrected chi connectivity index (χ0v) is 8.38. The SMILES string of the molecule is O=C(O)c1nscc1N1CCNCC1. The van der Waals surface area contributed by atoms with Gasteiger partial charge in [-0.2, -0.15) is 4.37 Å². The van der Waals surface area contributed by atoms with E-state index in [1.807, 2.05) is 0 Å². The largest absolute Gasteiger partial charge is 0.476 e. The van der Waals surface area contributed by atoms with Gasteiger partial charge in [0.1, 0.15) is 0 Å². The van der Waals surface area contributed by atoms with Gasteiger partial charge >= 0.3 is 5.97 Å². The molecule has 1 aromatic rings. The number of hydrogen-bond donors (Lipinski definition) is 2. The zero-order chi connectivity index (χ0) is 9.97. The van der Waals surface area contributed by atoms with Crippen LogP contribution in [0.4, 0.5) is 5.69 Å². The van der Waals surface area contributed by atoms with E-state index >= 15 is 0 Å². The van der Waals surface area contributed by atoms with Crippen LogP contribution < -0.4 is 10.2 Å². The number of carboxylic acids is 1. The number of aromatic nitrogens is 1. The van der Waals surface area contributed by atoms with Crippen molar-refractivity contribution >= 4 is 23.2 Å². The second kappa shape index (κ2) is 3.93. The first-order valence-electron chi connectivity index (χ1n) is 4.42. The van der Waals surface area contributed by atoms with Gasteiger partial charge in [-0.3, -0.25) is 0 Å². The Hall–Kier alpha value is -1.14. The van der Waals surface area contributed by atoms with Crippen molar-refractivity contribution in [3.05, 3.63) is 11.1 Å². The van der Waals surface area contributed by atoms with Crippen molar-refractivity contribution in [2.75, 3.05) is 31.1 Å². The molecule has 1 saturated heterocycles. The van der Waals surface area contributed by atoms with Crippen LogP contribution in [0.5, 0.6) is 0 Å². The van der Waals surface area contributed by atoms with Crippen molar-refractivity contribution in [3.63, 3.8) is 0 Å². The predicted octanol–water partition coefficient (Wildman–Crippen LogP) is 0.251. The molecule has 1 aliphatic rings. The van der Waals surface area contributed by atoms with Gasteiger partial charge in [-0.05, 0) is 11.5 Å². The van der Waals surface area contributed by atoms with Gasteiger partial charge in [-0.1, -0.05) is 0 Å². The molecule has 0 unspecified atom stereocenters. The number of nitrogens with one attached hydrogen (secondary N) is 1. The van der Waals surface area contributed by atoms with Crippen LogP contribution in [-0.4, -0.2) is 41.6 Å². The lowest BCUT2D eigenvalue weighted by atomic mass is 10.3. The molecule has 0 spiro atoms. The summed E-state index contributed by atoms with van der Waals surface area (Å²) in [5.74, 6) is -0.945. The highest BCUT2D eigenvalue weighted by molar-refractivity contribution is 7.04. The summed E-state index contributed by atoms with van der Waals surface area (Å²) in [5, 5.41) is 13.9. The Balaban J connectivity index is 2.21. The van der Waals surface area contributed by atoms with E-state index in [0.29, 0.717) is 0 Å². The summed E-state index contributed by atoms with van der Waals surface area (Å²) in [4.78, 5) is 12.9. The maximum Gasteiger partial charge on any atom is 0.357 e. The molecule has 1 fully saturated rings. The van der Waals surface area contributed by atoms with Crippen LogP contribution in [0.15, 0.2) is 5.38 Å². The van der Waals surface area contributed by atoms with Gasteiger partial charge in [-0.15, -0.1) is 0 Å². The predicted molar refractivity (Wildman–Crippen MR) is 54.2 cm³/mol. The Bertz CT molecular complexity index is 333. The quantitative estimate of drug-likeness (QED) is 0.737. The third-order valence-electron chi connectivity index (χ3n) is 2.21. The van der Waals surface area contributed by atoms with E-state index in [1.165, 1.54) is 11.5 Å². The molecule has 76 valence electrons. The molecule has 2 heterocycles. The third-order valence-corrected chi connectivity index (χ3v) is 2.83. The van der Waals surface area contributed by atoms with Crippen molar-refractivity contribution in [2.45, 2.75) is 0 Å². The summed E-state index contributed by atoms with van der Waals surface area (Å²) in [6.45, 7) is 3.49. The van der Waals surface area contributed by atoms with Gasteiger partial charge in [0.2, 0.25) is 0 Å². The van der Waals surface area contributed by atoms with E-state index in [1.54, 1.807) is 5.38 Å². The van der Waals surface area contributed by atoms with Crippen LogP contribution in [0.3, 0.4) is 0 Å². The Morgan fingerprint density at radius 1 is 1.57 bits per heavy atom. The maximum atomic E-state index is 10.8. The first-order chi connectivity index (χ1) is 6.79. The number of rotatable bonds is 2. The smallest absolute Gasteiger partial charge is 0.357 e. The summed E-state index contributed by atoms with van der Waals surface area (Å²) in [7, 11) is 0. The number of carboxylic acid groups (broad SMARTS) is 1. The van der Waals surface area contributed by atoms with Crippen molar-refractivity contribution < 1.29 is 9.90 Å². The molecular formula is C8H11N3O2S. The second-order valence-electron chi connectivity index (χ2n) is 3.09. The number of piperazine rings is 1. The lowest BCUT2D eigenvalue weighted by molar-refractivity contribution is 0.0692. The maximum absolute atomic E-state index is 10.8. The fourth-order valence-corrected chi connectivity index (χ4v) is 2.20. The average Bonchev–Trinajstić information content (AvgIpc) is 2.67. The molecule has 5 nitrogen and oxygen atoms in total. The number of aromatic carboxylic acids is 1. The molecule has 0 aromatic carbocycles. The molecule has 0 saturated carbocycles. The zero-order valence-electron chi connectivity index (χ0n) is 7.56. The van der Waals surface area contributed by atoms with Crippen LogP contribution in [0, 0.1) is 0 Å². The minimum atomic E-state index is -0.945. The monoisotopic (exact) mass is 213 g/mol. The van der Waals surface area contributed by atoms with Gasteiger partial charge in [0.05, 0.1) is 5.69 Å². The molecular weight excluding hydrogens is 202 g/mol. The van der Waals surface area contributed by atoms with E-state index in [0.717, 1.165) is 31.9 Å². The van der Waals surface area contributed by atoms with Gasteiger partial charge < -0.3 is 15.3 Å². The van der Waals surface area contributed by atoms with Gasteiger partial charge in [0, 0.05) is 31.6 Å². The van der Waals surface area contributed by atoms with Gasteiger partial charge in [-0.25, -0.2) is 4.79 Å². The van der Waals surface area contributed by atoms with Crippen LogP contribution in [-0.2, 0) is 0 Å². The van der Waals surface area contributed by atoms with Crippen molar-refractivity contribution in [1.29, 1.82) is 0 Å². The molecule has 2 N–H and O–H groups in total. The van der Waals surface area contributed by atoms with E-state index in [2.05, 4.69) is 14.6 Å². The minimum Gasteiger partial charge on any atom is -0.476 e. The Labute approximate surface area is 85.5 Å². The Morgan fingerprint density at radius 3 is 2.93 bits per heavy atom. The highest BCUT2D eigenvalue weighted by Crippen LogP contribution is 2.22. The summed E-state index contributed by atoms with van der Waals surface area (Å²) < 4.78 is 3.87. The Kier molecular flexibility index (Phi) is 2.64. The molecule has 1 aliphatic heterocycles. The molecule has 0 bridgehead atoms. The first kappa shape index (κ1) is 9.42. The molecule has 0 amide bonds. The third kappa shape index (κ3) is 1.71. The van der Waals surface area contributed by atoms with E-state index in [4.69, 9.17) is 5.11 Å². The minimum absolute atomic E-state index is 0.178. The van der Waals surface area contributed by atoms with Crippen LogP contribution in [0.2, 0.25) is 0 Å². The van der Waals surface area contributed by atoms with Gasteiger partial charge in [0.15, 0.2) is 5.69 Å². The molecule has 0 aliphatic carbocycles. The fourth-order valence-electron chi connectivity index (χ4n) is 1.51. The molecule has 14 heavy (non-hydrogen) atoms. The van der Waals surface area contributed by atoms with Crippen molar-refractivity contribution in [3.8, 4) is 0 Å². The molecule has 2 rings (SSSR count). The normalized spacial score (nSPS) is 17.0. The van der Waals surface area contributed by atoms with Crippen LogP contribution >= 0.6 is 11.5 Å². The first-order valence-corrected chi connectivity index (χ1v) is 5.26. The molecule has 0 radical (unpaired) electrons. The lowest BCUT2D eigenvalue weighted by Gasteiger charge is -2.28. The van der Waals surface area contributed by atoms with Crippen molar-refractivity contribution in [1.82, 2.24) is 9.69 Å². The highest BCUT2D eigenvalue weighted by atomic mass is 32.1. The van der Waals surface area contributed by atoms with E-state index in [9.17, 15) is 4.79 Å². The summed E-state index contributed by atoms with van der Waals surface area (Å²) in [5.41, 5.74) is 0.931. The van der Waals surface area contributed by atoms with Crippen molar-refractivity contribution in [2.24, 2.45) is 0 Å². The summed E-state index contributed by atoms with van der Waals surface area (Å²) >= 11 is 1.20. The number of nitrogens with zero attached hydrogens (tertiary/aromatic N) is 2. The molecule has 0 atom stereocenters. The average molecular weight is 213 g/mol. The standard InChI is InChI=1S/C8H11N3O2S/c12-8(13)7-6(5-14-10-7)11-3-1-9-2-4-11/h5,9H,1-4H2,(H,12,13).